The number of amides is 2. The lowest BCUT2D eigenvalue weighted by molar-refractivity contribution is 0.0615. The molecule has 0 unspecified atom stereocenters. The van der Waals surface area contributed by atoms with Gasteiger partial charge in [0.15, 0.2) is 0 Å². The number of hydrogen-bond acceptors (Lipinski definition) is 4. The molecule has 0 radical (unpaired) electrons. The normalized spacial score (nSPS) is 26.7. The summed E-state index contributed by atoms with van der Waals surface area (Å²) in [6.45, 7) is 3.79. The molecule has 2 amide bonds. The minimum Gasteiger partial charge on any atom is -0.373 e. The van der Waals surface area contributed by atoms with E-state index in [9.17, 15) is 4.79 Å². The van der Waals surface area contributed by atoms with Crippen molar-refractivity contribution < 1.29 is 14.3 Å². The minimum atomic E-state index is -0.170. The van der Waals surface area contributed by atoms with Crippen molar-refractivity contribution in [3.05, 3.63) is 57.8 Å². The van der Waals surface area contributed by atoms with Crippen molar-refractivity contribution in [3.63, 3.8) is 0 Å². The molecule has 2 aliphatic rings. The molecule has 5 nitrogen and oxygen atoms in total. The average Bonchev–Trinajstić information content (AvgIpc) is 3.38. The predicted octanol–water partition coefficient (Wildman–Crippen LogP) is 3.27. The molecule has 1 aromatic carbocycles. The van der Waals surface area contributed by atoms with Gasteiger partial charge in [0.2, 0.25) is 0 Å². The summed E-state index contributed by atoms with van der Waals surface area (Å²) in [4.78, 5) is 12.3. The summed E-state index contributed by atoms with van der Waals surface area (Å²) in [6.07, 6.45) is 2.16. The monoisotopic (exact) mass is 386 g/mol. The van der Waals surface area contributed by atoms with Crippen LogP contribution >= 0.6 is 11.3 Å². The quantitative estimate of drug-likeness (QED) is 0.801. The molecular formula is C21H26N2O3S. The molecule has 2 aromatic rings. The lowest BCUT2D eigenvalue weighted by atomic mass is 9.94. The summed E-state index contributed by atoms with van der Waals surface area (Å²) < 4.78 is 12.0. The summed E-state index contributed by atoms with van der Waals surface area (Å²) in [5, 5.41) is 10.3. The maximum Gasteiger partial charge on any atom is 0.315 e. The third-order valence-corrected chi connectivity index (χ3v) is 6.12. The zero-order valence-electron chi connectivity index (χ0n) is 15.5. The van der Waals surface area contributed by atoms with Gasteiger partial charge in [-0.15, -0.1) is 0 Å². The maximum absolute atomic E-state index is 12.3. The molecule has 2 saturated heterocycles. The number of urea groups is 1. The highest BCUT2D eigenvalue weighted by Gasteiger charge is 2.47. The van der Waals surface area contributed by atoms with Gasteiger partial charge in [0, 0.05) is 12.5 Å². The second kappa shape index (κ2) is 8.42. The van der Waals surface area contributed by atoms with E-state index < -0.39 is 0 Å². The topological polar surface area (TPSA) is 59.6 Å². The Morgan fingerprint density at radius 1 is 1.19 bits per heavy atom. The van der Waals surface area contributed by atoms with Crippen molar-refractivity contribution in [2.45, 2.75) is 44.6 Å². The molecule has 2 fully saturated rings. The Kier molecular flexibility index (Phi) is 5.76. The number of benzene rings is 1. The van der Waals surface area contributed by atoms with Gasteiger partial charge in [0.05, 0.1) is 25.4 Å². The lowest BCUT2D eigenvalue weighted by Crippen LogP contribution is -2.48. The van der Waals surface area contributed by atoms with E-state index in [0.29, 0.717) is 25.7 Å². The van der Waals surface area contributed by atoms with E-state index in [1.807, 2.05) is 25.1 Å². The van der Waals surface area contributed by atoms with Gasteiger partial charge in [-0.2, -0.15) is 11.3 Å². The Balaban J connectivity index is 1.24. The van der Waals surface area contributed by atoms with Gasteiger partial charge in [-0.05, 0) is 47.7 Å². The highest BCUT2D eigenvalue weighted by Crippen LogP contribution is 2.33. The van der Waals surface area contributed by atoms with Crippen LogP contribution in [0.15, 0.2) is 41.1 Å². The van der Waals surface area contributed by atoms with Crippen LogP contribution in [0.25, 0.3) is 0 Å². The van der Waals surface area contributed by atoms with Crippen LogP contribution in [-0.4, -0.2) is 37.5 Å². The highest BCUT2D eigenvalue weighted by atomic mass is 32.1. The van der Waals surface area contributed by atoms with Crippen LogP contribution in [0.4, 0.5) is 4.79 Å². The Bertz CT molecular complexity index is 765. The van der Waals surface area contributed by atoms with Crippen molar-refractivity contribution in [1.82, 2.24) is 10.6 Å². The summed E-state index contributed by atoms with van der Waals surface area (Å²) in [7, 11) is 0. The second-order valence-electron chi connectivity index (χ2n) is 7.45. The fraction of sp³-hybridized carbons (Fsp3) is 0.476. The summed E-state index contributed by atoms with van der Waals surface area (Å²) >= 11 is 1.74. The number of nitrogens with one attached hydrogen (secondary N) is 2. The van der Waals surface area contributed by atoms with Crippen LogP contribution in [0.1, 0.15) is 23.1 Å². The van der Waals surface area contributed by atoms with Gasteiger partial charge < -0.3 is 20.1 Å². The lowest BCUT2D eigenvalue weighted by Gasteiger charge is -2.18. The molecule has 144 valence electrons. The van der Waals surface area contributed by atoms with E-state index in [4.69, 9.17) is 9.47 Å². The van der Waals surface area contributed by atoms with E-state index >= 15 is 0 Å². The van der Waals surface area contributed by atoms with E-state index in [2.05, 4.69) is 33.5 Å². The standard InChI is InChI=1S/C21H26N2O3S/c1-14-3-2-4-16(9-14)10-22-21(24)23-18-12-26-19-17(11-25-20(18)19)6-5-15-7-8-27-13-15/h2-4,7-9,13,17-20H,5-6,10-12H2,1H3,(H2,22,23,24)/t17-,18+,19+,20-/m1/s1. The maximum atomic E-state index is 12.3. The Hall–Kier alpha value is -1.89. The first-order chi connectivity index (χ1) is 13.2. The molecule has 0 spiro atoms. The van der Waals surface area contributed by atoms with E-state index in [1.54, 1.807) is 11.3 Å². The fourth-order valence-corrected chi connectivity index (χ4v) is 4.66. The minimum absolute atomic E-state index is 0.0396. The van der Waals surface area contributed by atoms with E-state index in [0.717, 1.165) is 18.4 Å². The van der Waals surface area contributed by atoms with Gasteiger partial charge in [-0.1, -0.05) is 29.8 Å². The first kappa shape index (κ1) is 18.5. The fourth-order valence-electron chi connectivity index (χ4n) is 3.96. The number of ether oxygens (including phenoxy) is 2. The molecule has 4 atom stereocenters. The predicted molar refractivity (Wildman–Crippen MR) is 106 cm³/mol. The van der Waals surface area contributed by atoms with Crippen LogP contribution < -0.4 is 10.6 Å². The summed E-state index contributed by atoms with van der Waals surface area (Å²) in [5.41, 5.74) is 3.66. The Morgan fingerprint density at radius 2 is 2.07 bits per heavy atom. The number of aryl methyl sites for hydroxylation is 2. The van der Waals surface area contributed by atoms with Crippen molar-refractivity contribution >= 4 is 17.4 Å². The average molecular weight is 387 g/mol. The van der Waals surface area contributed by atoms with Crippen LogP contribution in [0.5, 0.6) is 0 Å². The number of thiophene rings is 1. The number of rotatable bonds is 6. The van der Waals surface area contributed by atoms with E-state index in [1.165, 1.54) is 11.1 Å². The van der Waals surface area contributed by atoms with Crippen molar-refractivity contribution in [2.24, 2.45) is 5.92 Å². The molecule has 3 heterocycles. The van der Waals surface area contributed by atoms with Crippen molar-refractivity contribution in [1.29, 1.82) is 0 Å². The Labute approximate surface area is 164 Å². The van der Waals surface area contributed by atoms with E-state index in [-0.39, 0.29) is 24.3 Å². The van der Waals surface area contributed by atoms with Crippen molar-refractivity contribution in [2.75, 3.05) is 13.2 Å². The number of carbonyl (C=O) groups excluding carboxylic acids is 1. The third kappa shape index (κ3) is 4.51. The highest BCUT2D eigenvalue weighted by molar-refractivity contribution is 7.07. The summed E-state index contributed by atoms with van der Waals surface area (Å²) in [6, 6.07) is 10.1. The smallest absolute Gasteiger partial charge is 0.315 e. The van der Waals surface area contributed by atoms with Gasteiger partial charge in [-0.3, -0.25) is 0 Å². The van der Waals surface area contributed by atoms with Gasteiger partial charge >= 0.3 is 6.03 Å². The molecule has 4 rings (SSSR count). The third-order valence-electron chi connectivity index (χ3n) is 5.39. The molecule has 2 aliphatic heterocycles. The molecule has 0 saturated carbocycles. The van der Waals surface area contributed by atoms with Gasteiger partial charge in [-0.25, -0.2) is 4.79 Å². The largest absolute Gasteiger partial charge is 0.373 e. The summed E-state index contributed by atoms with van der Waals surface area (Å²) in [5.74, 6) is 0.400. The number of carbonyl (C=O) groups is 1. The van der Waals surface area contributed by atoms with Crippen LogP contribution in [0.3, 0.4) is 0 Å². The second-order valence-corrected chi connectivity index (χ2v) is 8.23. The molecule has 0 bridgehead atoms. The van der Waals surface area contributed by atoms with Crippen molar-refractivity contribution in [3.8, 4) is 0 Å². The number of hydrogen-bond donors (Lipinski definition) is 2. The van der Waals surface area contributed by atoms with Crippen LogP contribution in [0, 0.1) is 12.8 Å². The molecule has 2 N–H and O–H groups in total. The molecule has 6 heteroatoms. The first-order valence-corrected chi connectivity index (χ1v) is 10.5. The van der Waals surface area contributed by atoms with Crippen LogP contribution in [-0.2, 0) is 22.4 Å². The number of fused-ring (bicyclic) bond motifs is 1. The molecular weight excluding hydrogens is 360 g/mol. The first-order valence-electron chi connectivity index (χ1n) is 9.53. The zero-order chi connectivity index (χ0) is 18.6. The molecule has 1 aromatic heterocycles. The Morgan fingerprint density at radius 3 is 2.89 bits per heavy atom. The van der Waals surface area contributed by atoms with Crippen LogP contribution in [0.2, 0.25) is 0 Å². The van der Waals surface area contributed by atoms with Gasteiger partial charge in [0.1, 0.15) is 6.10 Å². The zero-order valence-corrected chi connectivity index (χ0v) is 16.3. The SMILES string of the molecule is Cc1cccc(CNC(=O)N[C@H]2CO[C@H]3[C@H](CCc4ccsc4)CO[C@@H]32)c1. The molecule has 27 heavy (non-hydrogen) atoms. The molecule has 0 aliphatic carbocycles. The van der Waals surface area contributed by atoms with Gasteiger partial charge in [0.25, 0.3) is 0 Å².